The number of nitrogens with zero attached hydrogens (tertiary/aromatic N) is 1. The molecule has 0 amide bonds. The lowest BCUT2D eigenvalue weighted by Gasteiger charge is -2.21. The Morgan fingerprint density at radius 3 is 2.93 bits per heavy atom. The van der Waals surface area contributed by atoms with E-state index in [1.165, 1.54) is 37.7 Å². The maximum Gasteiger partial charge on any atom is 0.157 e. The molecule has 3 heteroatoms. The molecule has 2 fully saturated rings. The fraction of sp³-hybridized carbons (Fsp3) is 0.727. The van der Waals surface area contributed by atoms with Crippen molar-refractivity contribution in [2.24, 2.45) is 0 Å². The summed E-state index contributed by atoms with van der Waals surface area (Å²) in [5.41, 5.74) is 1.37. The molecule has 0 spiro atoms. The zero-order valence-electron chi connectivity index (χ0n) is 8.33. The van der Waals surface area contributed by atoms with Gasteiger partial charge in [-0.2, -0.15) is 0 Å². The molecule has 1 atom stereocenters. The van der Waals surface area contributed by atoms with E-state index >= 15 is 0 Å². The van der Waals surface area contributed by atoms with Gasteiger partial charge in [0, 0.05) is 5.56 Å². The first-order valence-corrected chi connectivity index (χ1v) is 5.63. The number of nitrogens with one attached hydrogen (secondary N) is 1. The SMILES string of the molecule is c1noc(C2CCCCN2)c1C1CC1. The van der Waals surface area contributed by atoms with Crippen LogP contribution in [-0.4, -0.2) is 11.7 Å². The molecule has 1 aromatic rings. The van der Waals surface area contributed by atoms with Gasteiger partial charge in [-0.25, -0.2) is 0 Å². The van der Waals surface area contributed by atoms with Gasteiger partial charge >= 0.3 is 0 Å². The second-order valence-electron chi connectivity index (χ2n) is 4.42. The van der Waals surface area contributed by atoms with Crippen LogP contribution in [0.2, 0.25) is 0 Å². The van der Waals surface area contributed by atoms with Gasteiger partial charge in [0.1, 0.15) is 0 Å². The van der Waals surface area contributed by atoms with Crippen molar-refractivity contribution in [1.82, 2.24) is 10.5 Å². The molecule has 3 nitrogen and oxygen atoms in total. The summed E-state index contributed by atoms with van der Waals surface area (Å²) in [5, 5.41) is 7.45. The molecule has 1 aliphatic carbocycles. The quantitative estimate of drug-likeness (QED) is 0.781. The Morgan fingerprint density at radius 2 is 2.21 bits per heavy atom. The van der Waals surface area contributed by atoms with Gasteiger partial charge in [0.05, 0.1) is 12.2 Å². The second-order valence-corrected chi connectivity index (χ2v) is 4.42. The molecule has 76 valence electrons. The highest BCUT2D eigenvalue weighted by molar-refractivity contribution is 5.26. The van der Waals surface area contributed by atoms with Crippen LogP contribution in [0.4, 0.5) is 0 Å². The maximum absolute atomic E-state index is 5.39. The van der Waals surface area contributed by atoms with Crippen LogP contribution in [0.3, 0.4) is 0 Å². The van der Waals surface area contributed by atoms with E-state index in [1.807, 2.05) is 6.20 Å². The van der Waals surface area contributed by atoms with Crippen LogP contribution in [0.25, 0.3) is 0 Å². The Kier molecular flexibility index (Phi) is 2.05. The molecule has 14 heavy (non-hydrogen) atoms. The maximum atomic E-state index is 5.39. The van der Waals surface area contributed by atoms with E-state index in [0.29, 0.717) is 6.04 Å². The van der Waals surface area contributed by atoms with Crippen molar-refractivity contribution >= 4 is 0 Å². The van der Waals surface area contributed by atoms with Gasteiger partial charge in [-0.1, -0.05) is 11.6 Å². The lowest BCUT2D eigenvalue weighted by Crippen LogP contribution is -2.27. The van der Waals surface area contributed by atoms with Crippen LogP contribution in [0.15, 0.2) is 10.7 Å². The van der Waals surface area contributed by atoms with Crippen molar-refractivity contribution in [3.8, 4) is 0 Å². The number of aromatic nitrogens is 1. The summed E-state index contributed by atoms with van der Waals surface area (Å²) >= 11 is 0. The van der Waals surface area contributed by atoms with Crippen molar-refractivity contribution in [2.75, 3.05) is 6.54 Å². The Labute approximate surface area is 83.9 Å². The lowest BCUT2D eigenvalue weighted by atomic mass is 9.99. The monoisotopic (exact) mass is 192 g/mol. The first kappa shape index (κ1) is 8.48. The summed E-state index contributed by atoms with van der Waals surface area (Å²) in [7, 11) is 0. The predicted octanol–water partition coefficient (Wildman–Crippen LogP) is 2.37. The zero-order chi connectivity index (χ0) is 9.38. The highest BCUT2D eigenvalue weighted by atomic mass is 16.5. The minimum absolute atomic E-state index is 0.432. The molecular formula is C11H16N2O. The Hall–Kier alpha value is -0.830. The lowest BCUT2D eigenvalue weighted by molar-refractivity contribution is 0.303. The van der Waals surface area contributed by atoms with E-state index in [-0.39, 0.29) is 0 Å². The predicted molar refractivity (Wildman–Crippen MR) is 53.1 cm³/mol. The fourth-order valence-corrected chi connectivity index (χ4v) is 2.30. The summed E-state index contributed by atoms with van der Waals surface area (Å²) in [6.45, 7) is 1.12. The molecule has 3 rings (SSSR count). The second kappa shape index (κ2) is 3.39. The Bertz CT molecular complexity index is 311. The van der Waals surface area contributed by atoms with Crippen molar-refractivity contribution in [2.45, 2.75) is 44.1 Å². The minimum atomic E-state index is 0.432. The number of rotatable bonds is 2. The van der Waals surface area contributed by atoms with Crippen LogP contribution in [0.5, 0.6) is 0 Å². The van der Waals surface area contributed by atoms with Gasteiger partial charge in [-0.15, -0.1) is 0 Å². The van der Waals surface area contributed by atoms with Gasteiger partial charge in [-0.05, 0) is 38.1 Å². The molecule has 0 bridgehead atoms. The van der Waals surface area contributed by atoms with E-state index in [9.17, 15) is 0 Å². The minimum Gasteiger partial charge on any atom is -0.359 e. The average molecular weight is 192 g/mol. The first-order valence-electron chi connectivity index (χ1n) is 5.63. The van der Waals surface area contributed by atoms with Gasteiger partial charge in [0.15, 0.2) is 5.76 Å². The zero-order valence-corrected chi connectivity index (χ0v) is 8.33. The Morgan fingerprint density at radius 1 is 1.29 bits per heavy atom. The number of hydrogen-bond acceptors (Lipinski definition) is 3. The Balaban J connectivity index is 1.82. The molecule has 1 unspecified atom stereocenters. The summed E-state index contributed by atoms with van der Waals surface area (Å²) < 4.78 is 5.39. The van der Waals surface area contributed by atoms with Crippen molar-refractivity contribution < 1.29 is 4.52 Å². The molecule has 2 heterocycles. The topological polar surface area (TPSA) is 38.1 Å². The van der Waals surface area contributed by atoms with E-state index in [1.54, 1.807) is 0 Å². The summed E-state index contributed by atoms with van der Waals surface area (Å²) in [6, 6.07) is 0.432. The van der Waals surface area contributed by atoms with Crippen molar-refractivity contribution in [1.29, 1.82) is 0 Å². The van der Waals surface area contributed by atoms with Crippen LogP contribution >= 0.6 is 0 Å². The molecule has 1 saturated carbocycles. The van der Waals surface area contributed by atoms with Crippen LogP contribution in [0.1, 0.15) is 55.4 Å². The molecule has 1 N–H and O–H groups in total. The molecule has 2 aliphatic rings. The van der Waals surface area contributed by atoms with E-state index in [4.69, 9.17) is 4.52 Å². The van der Waals surface area contributed by atoms with Gasteiger partial charge in [-0.3, -0.25) is 0 Å². The van der Waals surface area contributed by atoms with E-state index in [0.717, 1.165) is 18.2 Å². The molecule has 1 aromatic heterocycles. The highest BCUT2D eigenvalue weighted by Gasteiger charge is 2.32. The average Bonchev–Trinajstić information content (AvgIpc) is 2.98. The van der Waals surface area contributed by atoms with Crippen LogP contribution < -0.4 is 5.32 Å². The fourth-order valence-electron chi connectivity index (χ4n) is 2.30. The number of hydrogen-bond donors (Lipinski definition) is 1. The number of piperidine rings is 1. The normalized spacial score (nSPS) is 27.9. The molecule has 1 saturated heterocycles. The smallest absolute Gasteiger partial charge is 0.157 e. The molecule has 0 aromatic carbocycles. The van der Waals surface area contributed by atoms with Crippen LogP contribution in [0, 0.1) is 0 Å². The standard InChI is InChI=1S/C11H16N2O/c1-2-6-12-10(3-1)11-9(7-13-14-11)8-4-5-8/h7-8,10,12H,1-6H2. The third kappa shape index (κ3) is 1.46. The van der Waals surface area contributed by atoms with Gasteiger partial charge < -0.3 is 9.84 Å². The largest absolute Gasteiger partial charge is 0.359 e. The molecule has 1 aliphatic heterocycles. The van der Waals surface area contributed by atoms with E-state index in [2.05, 4.69) is 10.5 Å². The molecule has 0 radical (unpaired) electrons. The summed E-state index contributed by atoms with van der Waals surface area (Å²) in [6.07, 6.45) is 8.37. The third-order valence-corrected chi connectivity index (χ3v) is 3.27. The first-order chi connectivity index (χ1) is 6.95. The van der Waals surface area contributed by atoms with Crippen LogP contribution in [-0.2, 0) is 0 Å². The van der Waals surface area contributed by atoms with E-state index < -0.39 is 0 Å². The summed E-state index contributed by atoms with van der Waals surface area (Å²) in [5.74, 6) is 1.87. The van der Waals surface area contributed by atoms with Crippen molar-refractivity contribution in [3.05, 3.63) is 17.5 Å². The van der Waals surface area contributed by atoms with Crippen molar-refractivity contribution in [3.63, 3.8) is 0 Å². The van der Waals surface area contributed by atoms with Gasteiger partial charge in [0.2, 0.25) is 0 Å². The molecular weight excluding hydrogens is 176 g/mol. The third-order valence-electron chi connectivity index (χ3n) is 3.27. The van der Waals surface area contributed by atoms with Gasteiger partial charge in [0.25, 0.3) is 0 Å². The highest BCUT2D eigenvalue weighted by Crippen LogP contribution is 2.43. The summed E-state index contributed by atoms with van der Waals surface area (Å²) in [4.78, 5) is 0.